The number of aromatic nitrogens is 3. The summed E-state index contributed by atoms with van der Waals surface area (Å²) in [5, 5.41) is 18.0. The number of carboxylic acid groups (broad SMARTS) is 1. The van der Waals surface area contributed by atoms with Gasteiger partial charge in [0, 0.05) is 19.0 Å². The van der Waals surface area contributed by atoms with E-state index in [-0.39, 0.29) is 48.0 Å². The van der Waals surface area contributed by atoms with Gasteiger partial charge in [-0.25, -0.2) is 4.79 Å². The Bertz CT molecular complexity index is 1260. The number of H-pyrrole nitrogens is 1. The van der Waals surface area contributed by atoms with Crippen LogP contribution in [0.3, 0.4) is 0 Å². The normalized spacial score (nSPS) is 22.0. The van der Waals surface area contributed by atoms with Crippen LogP contribution < -0.4 is 5.32 Å². The van der Waals surface area contributed by atoms with Crippen LogP contribution in [0.2, 0.25) is 0 Å². The van der Waals surface area contributed by atoms with Crippen molar-refractivity contribution < 1.29 is 24.2 Å². The van der Waals surface area contributed by atoms with Crippen molar-refractivity contribution in [3.05, 3.63) is 65.5 Å². The number of ether oxygens (including phenoxy) is 1. The molecular weight excluding hydrogens is 438 g/mol. The largest absolute Gasteiger partial charge is 0.481 e. The summed E-state index contributed by atoms with van der Waals surface area (Å²) in [6, 6.07) is 16.1. The summed E-state index contributed by atoms with van der Waals surface area (Å²) in [6.45, 7) is 0.921. The first-order valence-corrected chi connectivity index (χ1v) is 11.1. The van der Waals surface area contributed by atoms with Crippen LogP contribution in [0, 0.1) is 17.8 Å². The van der Waals surface area contributed by atoms with Crippen molar-refractivity contribution in [3.8, 4) is 11.1 Å². The smallest absolute Gasteiger partial charge is 0.414 e. The second kappa shape index (κ2) is 7.68. The molecule has 6 rings (SSSR count). The zero-order chi connectivity index (χ0) is 23.4. The number of fused-ring (bicyclic) bond motifs is 4. The number of hydrogen-bond donors (Lipinski definition) is 3. The van der Waals surface area contributed by atoms with Gasteiger partial charge in [-0.3, -0.25) is 20.0 Å². The zero-order valence-corrected chi connectivity index (χ0v) is 18.0. The summed E-state index contributed by atoms with van der Waals surface area (Å²) in [5.74, 6) is -1.68. The Morgan fingerprint density at radius 2 is 1.65 bits per heavy atom. The van der Waals surface area contributed by atoms with Crippen LogP contribution in [0.5, 0.6) is 0 Å². The van der Waals surface area contributed by atoms with E-state index < -0.39 is 12.1 Å². The topological polar surface area (TPSA) is 138 Å². The number of aliphatic carboxylic acids is 1. The molecule has 1 saturated heterocycles. The van der Waals surface area contributed by atoms with Gasteiger partial charge < -0.3 is 14.7 Å². The van der Waals surface area contributed by atoms with Gasteiger partial charge in [0.15, 0.2) is 0 Å². The highest BCUT2D eigenvalue weighted by Gasteiger charge is 2.60. The molecule has 10 nitrogen and oxygen atoms in total. The highest BCUT2D eigenvalue weighted by Crippen LogP contribution is 2.52. The zero-order valence-electron chi connectivity index (χ0n) is 18.0. The van der Waals surface area contributed by atoms with Crippen LogP contribution in [0.1, 0.15) is 27.7 Å². The minimum absolute atomic E-state index is 0.00259. The lowest BCUT2D eigenvalue weighted by Crippen LogP contribution is -2.33. The Morgan fingerprint density at radius 1 is 1.03 bits per heavy atom. The highest BCUT2D eigenvalue weighted by atomic mass is 16.5. The summed E-state index contributed by atoms with van der Waals surface area (Å²) in [7, 11) is 0. The van der Waals surface area contributed by atoms with E-state index >= 15 is 0 Å². The van der Waals surface area contributed by atoms with Gasteiger partial charge in [-0.05, 0) is 34.1 Å². The highest BCUT2D eigenvalue weighted by molar-refractivity contribution is 5.92. The summed E-state index contributed by atoms with van der Waals surface area (Å²) >= 11 is 0. The standard InChI is InChI=1S/C24H21N5O5/c30-21(29-9-16-17(10-29)19(16)22(31)32)20-25-23(28-27-20)26-24(33)34-11-18-14-7-3-1-5-12(14)13-6-2-4-8-15(13)18/h1-8,16-19H,9-11H2,(H,31,32)(H2,25,26,27,28,33)/t16-,17+,19?. The number of nitrogens with one attached hydrogen (secondary N) is 2. The van der Waals surface area contributed by atoms with Crippen LogP contribution >= 0.6 is 0 Å². The van der Waals surface area contributed by atoms with Crippen molar-refractivity contribution in [3.63, 3.8) is 0 Å². The molecule has 2 aromatic carbocycles. The lowest BCUT2D eigenvalue weighted by molar-refractivity contribution is -0.139. The molecule has 3 N–H and O–H groups in total. The molecule has 1 saturated carbocycles. The van der Waals surface area contributed by atoms with Crippen LogP contribution in [0.4, 0.5) is 10.7 Å². The summed E-state index contributed by atoms with van der Waals surface area (Å²) < 4.78 is 5.47. The van der Waals surface area contributed by atoms with E-state index in [1.807, 2.05) is 36.4 Å². The Hall–Kier alpha value is -4.21. The van der Waals surface area contributed by atoms with Gasteiger partial charge in [0.1, 0.15) is 6.61 Å². The minimum atomic E-state index is -0.809. The van der Waals surface area contributed by atoms with Crippen LogP contribution in [-0.4, -0.2) is 62.9 Å². The molecule has 10 heteroatoms. The van der Waals surface area contributed by atoms with E-state index in [4.69, 9.17) is 9.84 Å². The van der Waals surface area contributed by atoms with E-state index in [2.05, 4.69) is 32.6 Å². The predicted octanol–water partition coefficient (Wildman–Crippen LogP) is 2.57. The molecule has 2 aliphatic carbocycles. The quantitative estimate of drug-likeness (QED) is 0.533. The fraction of sp³-hybridized carbons (Fsp3) is 0.292. The predicted molar refractivity (Wildman–Crippen MR) is 119 cm³/mol. The van der Waals surface area contributed by atoms with Gasteiger partial charge in [0.25, 0.3) is 11.9 Å². The van der Waals surface area contributed by atoms with E-state index in [1.54, 1.807) is 4.90 Å². The fourth-order valence-corrected chi connectivity index (χ4v) is 5.35. The number of hydrogen-bond acceptors (Lipinski definition) is 6. The summed E-state index contributed by atoms with van der Waals surface area (Å²) in [4.78, 5) is 41.7. The van der Waals surface area contributed by atoms with Crippen LogP contribution in [0.25, 0.3) is 11.1 Å². The number of carboxylic acids is 1. The van der Waals surface area contributed by atoms with Gasteiger partial charge in [0.05, 0.1) is 5.92 Å². The monoisotopic (exact) mass is 459 g/mol. The molecule has 1 aromatic heterocycles. The van der Waals surface area contributed by atoms with E-state index in [9.17, 15) is 14.4 Å². The van der Waals surface area contributed by atoms with Crippen molar-refractivity contribution in [2.75, 3.05) is 25.0 Å². The third kappa shape index (κ3) is 3.30. The number of piperidine rings is 1. The second-order valence-electron chi connectivity index (χ2n) is 8.86. The fourth-order valence-electron chi connectivity index (χ4n) is 5.35. The van der Waals surface area contributed by atoms with Crippen molar-refractivity contribution in [2.45, 2.75) is 5.92 Å². The lowest BCUT2D eigenvalue weighted by Gasteiger charge is -2.17. The number of likely N-dealkylation sites (tertiary alicyclic amines) is 1. The average Bonchev–Trinajstić information content (AvgIpc) is 3.20. The number of aromatic amines is 1. The van der Waals surface area contributed by atoms with E-state index in [1.165, 1.54) is 0 Å². The van der Waals surface area contributed by atoms with Crippen LogP contribution in [0.15, 0.2) is 48.5 Å². The molecule has 34 heavy (non-hydrogen) atoms. The number of anilines is 1. The molecule has 1 unspecified atom stereocenters. The first-order valence-electron chi connectivity index (χ1n) is 11.1. The summed E-state index contributed by atoms with van der Waals surface area (Å²) in [5.41, 5.74) is 4.49. The molecule has 2 fully saturated rings. The molecule has 0 spiro atoms. The van der Waals surface area contributed by atoms with E-state index in [0.717, 1.165) is 22.3 Å². The number of benzene rings is 2. The number of amides is 2. The molecule has 0 bridgehead atoms. The van der Waals surface area contributed by atoms with Gasteiger partial charge in [0.2, 0.25) is 5.82 Å². The van der Waals surface area contributed by atoms with Crippen molar-refractivity contribution in [1.29, 1.82) is 0 Å². The van der Waals surface area contributed by atoms with Gasteiger partial charge in [-0.2, -0.15) is 4.98 Å². The number of carbonyl (C=O) groups is 3. The molecule has 1 aliphatic heterocycles. The average molecular weight is 459 g/mol. The van der Waals surface area contributed by atoms with Crippen molar-refractivity contribution in [1.82, 2.24) is 20.1 Å². The third-order valence-corrected chi connectivity index (χ3v) is 7.01. The maximum Gasteiger partial charge on any atom is 0.414 e. The molecule has 3 aromatic rings. The van der Waals surface area contributed by atoms with Gasteiger partial charge in [-0.1, -0.05) is 48.5 Å². The molecule has 3 aliphatic rings. The number of carbonyl (C=O) groups excluding carboxylic acids is 2. The third-order valence-electron chi connectivity index (χ3n) is 7.01. The van der Waals surface area contributed by atoms with E-state index in [0.29, 0.717) is 13.1 Å². The first-order chi connectivity index (χ1) is 16.5. The van der Waals surface area contributed by atoms with Gasteiger partial charge in [-0.15, -0.1) is 5.10 Å². The molecule has 172 valence electrons. The molecule has 2 amide bonds. The molecule has 0 radical (unpaired) electrons. The maximum absolute atomic E-state index is 12.6. The lowest BCUT2D eigenvalue weighted by atomic mass is 9.98. The molecule has 3 atom stereocenters. The minimum Gasteiger partial charge on any atom is -0.481 e. The molecule has 2 heterocycles. The van der Waals surface area contributed by atoms with Gasteiger partial charge >= 0.3 is 12.1 Å². The second-order valence-corrected chi connectivity index (χ2v) is 8.86. The Morgan fingerprint density at radius 3 is 2.26 bits per heavy atom. The van der Waals surface area contributed by atoms with Crippen molar-refractivity contribution in [2.24, 2.45) is 17.8 Å². The Kier molecular flexibility index (Phi) is 4.61. The van der Waals surface area contributed by atoms with Crippen LogP contribution in [-0.2, 0) is 9.53 Å². The maximum atomic E-state index is 12.6. The SMILES string of the molecule is O=C(Nc1n[nH]c(C(=O)N2C[C@@H]3C(C(=O)O)[C@@H]3C2)n1)OCC1c2ccccc2-c2ccccc21. The first kappa shape index (κ1) is 20.4. The molecular formula is C24H21N5O5. The summed E-state index contributed by atoms with van der Waals surface area (Å²) in [6.07, 6.45) is -0.716. The number of rotatable bonds is 5. The Labute approximate surface area is 193 Å². The van der Waals surface area contributed by atoms with Crippen molar-refractivity contribution >= 4 is 23.9 Å². The Balaban J connectivity index is 1.06. The number of nitrogens with zero attached hydrogens (tertiary/aromatic N) is 3.